The Labute approximate surface area is 165 Å². The van der Waals surface area contributed by atoms with Gasteiger partial charge in [0.05, 0.1) is 5.75 Å². The van der Waals surface area contributed by atoms with Gasteiger partial charge in [0, 0.05) is 45.3 Å². The van der Waals surface area contributed by atoms with E-state index in [2.05, 4.69) is 6.07 Å². The van der Waals surface area contributed by atoms with Crippen molar-refractivity contribution in [2.75, 3.05) is 25.4 Å². The van der Waals surface area contributed by atoms with Crippen molar-refractivity contribution in [2.45, 2.75) is 50.5 Å². The summed E-state index contributed by atoms with van der Waals surface area (Å²) in [5, 5.41) is 0. The monoisotopic (exact) mass is 406 g/mol. The van der Waals surface area contributed by atoms with Gasteiger partial charge in [-0.25, -0.2) is 12.7 Å². The van der Waals surface area contributed by atoms with Crippen LogP contribution in [0.15, 0.2) is 24.3 Å². The fraction of sp³-hybridized carbons (Fsp3) is 0.600. The minimum Gasteiger partial charge on any atom is -0.487 e. The van der Waals surface area contributed by atoms with Gasteiger partial charge < -0.3 is 4.74 Å². The molecule has 0 unspecified atom stereocenters. The number of carbonyl (C=O) groups excluding carboxylic acids is 2. The summed E-state index contributed by atoms with van der Waals surface area (Å²) < 4.78 is 33.3. The highest BCUT2D eigenvalue weighted by atomic mass is 32.2. The van der Waals surface area contributed by atoms with Gasteiger partial charge in [-0.15, -0.1) is 0 Å². The second kappa shape index (κ2) is 7.48. The zero-order valence-electron chi connectivity index (χ0n) is 15.9. The largest absolute Gasteiger partial charge is 0.487 e. The lowest BCUT2D eigenvalue weighted by Crippen LogP contribution is -2.52. The number of piperidine rings is 2. The van der Waals surface area contributed by atoms with E-state index in [0.29, 0.717) is 45.2 Å². The average Bonchev–Trinajstić information content (AvgIpc) is 2.68. The van der Waals surface area contributed by atoms with Crippen molar-refractivity contribution in [3.05, 3.63) is 29.8 Å². The van der Waals surface area contributed by atoms with Crippen LogP contribution in [0.4, 0.5) is 0 Å². The molecule has 0 aliphatic carbocycles. The number of imide groups is 1. The second-order valence-corrected chi connectivity index (χ2v) is 9.99. The molecule has 4 rings (SSSR count). The maximum absolute atomic E-state index is 12.7. The Morgan fingerprint density at radius 1 is 0.964 bits per heavy atom. The number of carbonyl (C=O) groups is 2. The Balaban J connectivity index is 1.35. The van der Waals surface area contributed by atoms with E-state index < -0.39 is 10.0 Å². The van der Waals surface area contributed by atoms with Gasteiger partial charge in [-0.05, 0) is 30.9 Å². The topological polar surface area (TPSA) is 84.0 Å². The number of hydrogen-bond acceptors (Lipinski definition) is 5. The molecule has 1 spiro atoms. The van der Waals surface area contributed by atoms with Crippen molar-refractivity contribution in [3.8, 4) is 5.75 Å². The van der Waals surface area contributed by atoms with Crippen LogP contribution in [0.25, 0.3) is 0 Å². The Kier molecular flexibility index (Phi) is 5.18. The predicted molar refractivity (Wildman–Crippen MR) is 103 cm³/mol. The van der Waals surface area contributed by atoms with Crippen LogP contribution in [0.3, 0.4) is 0 Å². The van der Waals surface area contributed by atoms with Gasteiger partial charge in [0.1, 0.15) is 11.4 Å². The summed E-state index contributed by atoms with van der Waals surface area (Å²) in [6.07, 6.45) is 4.34. The highest BCUT2D eigenvalue weighted by Crippen LogP contribution is 2.39. The number of fused-ring (bicyclic) bond motifs is 1. The molecule has 0 atom stereocenters. The van der Waals surface area contributed by atoms with Gasteiger partial charge in [0.2, 0.25) is 21.8 Å². The molecule has 1 aromatic rings. The number of sulfonamides is 1. The number of rotatable bonds is 4. The Morgan fingerprint density at radius 3 is 2.36 bits per heavy atom. The molecule has 8 heteroatoms. The molecule has 3 aliphatic rings. The smallest absolute Gasteiger partial charge is 0.229 e. The lowest BCUT2D eigenvalue weighted by molar-refractivity contribution is -0.147. The zero-order valence-corrected chi connectivity index (χ0v) is 16.7. The Bertz CT molecular complexity index is 858. The van der Waals surface area contributed by atoms with Gasteiger partial charge in [0.25, 0.3) is 0 Å². The normalized spacial score (nSPS) is 22.8. The van der Waals surface area contributed by atoms with Crippen molar-refractivity contribution in [2.24, 2.45) is 0 Å². The summed E-state index contributed by atoms with van der Waals surface area (Å²) in [6.45, 7) is 0.768. The van der Waals surface area contributed by atoms with E-state index >= 15 is 0 Å². The van der Waals surface area contributed by atoms with Crippen molar-refractivity contribution in [3.63, 3.8) is 0 Å². The van der Waals surface area contributed by atoms with E-state index in [1.54, 1.807) is 0 Å². The van der Waals surface area contributed by atoms with Crippen LogP contribution in [0.5, 0.6) is 5.75 Å². The van der Waals surface area contributed by atoms with E-state index in [1.165, 1.54) is 9.87 Å². The lowest BCUT2D eigenvalue weighted by Gasteiger charge is -2.44. The molecule has 152 valence electrons. The molecule has 0 radical (unpaired) electrons. The fourth-order valence-corrected chi connectivity index (χ4v) is 5.78. The molecule has 0 aromatic heterocycles. The fourth-order valence-electron chi connectivity index (χ4n) is 4.37. The minimum absolute atomic E-state index is 0.0501. The number of nitrogens with zero attached hydrogens (tertiary/aromatic N) is 2. The molecule has 0 saturated carbocycles. The molecule has 1 aromatic carbocycles. The molecular weight excluding hydrogens is 380 g/mol. The van der Waals surface area contributed by atoms with Gasteiger partial charge in [-0.1, -0.05) is 18.2 Å². The van der Waals surface area contributed by atoms with Crippen LogP contribution in [-0.4, -0.2) is 60.4 Å². The maximum atomic E-state index is 12.7. The first-order valence-corrected chi connectivity index (χ1v) is 11.6. The van der Waals surface area contributed by atoms with Gasteiger partial charge in [0.15, 0.2) is 0 Å². The third kappa shape index (κ3) is 3.80. The summed E-state index contributed by atoms with van der Waals surface area (Å²) in [4.78, 5) is 24.9. The van der Waals surface area contributed by atoms with Crippen molar-refractivity contribution in [1.82, 2.24) is 9.21 Å². The third-order valence-electron chi connectivity index (χ3n) is 6.13. The summed E-state index contributed by atoms with van der Waals surface area (Å²) in [7, 11) is -3.51. The first-order valence-electron chi connectivity index (χ1n) is 9.97. The molecule has 28 heavy (non-hydrogen) atoms. The van der Waals surface area contributed by atoms with Crippen LogP contribution in [0.1, 0.15) is 44.1 Å². The average molecular weight is 407 g/mol. The number of likely N-dealkylation sites (tertiary alicyclic amines) is 1. The van der Waals surface area contributed by atoms with Crippen molar-refractivity contribution < 1.29 is 22.7 Å². The molecule has 7 nitrogen and oxygen atoms in total. The summed E-state index contributed by atoms with van der Waals surface area (Å²) >= 11 is 0. The Morgan fingerprint density at radius 2 is 1.64 bits per heavy atom. The van der Waals surface area contributed by atoms with Crippen LogP contribution >= 0.6 is 0 Å². The molecule has 0 N–H and O–H groups in total. The van der Waals surface area contributed by atoms with Crippen molar-refractivity contribution in [1.29, 1.82) is 0 Å². The molecular formula is C20H26N2O5S. The second-order valence-electron chi connectivity index (χ2n) is 7.90. The highest BCUT2D eigenvalue weighted by molar-refractivity contribution is 7.89. The van der Waals surface area contributed by atoms with E-state index in [1.807, 2.05) is 18.2 Å². The molecule has 3 heterocycles. The quantitative estimate of drug-likeness (QED) is 0.711. The van der Waals surface area contributed by atoms with Crippen LogP contribution in [0, 0.1) is 0 Å². The van der Waals surface area contributed by atoms with E-state index in [0.717, 1.165) is 23.5 Å². The lowest BCUT2D eigenvalue weighted by atomic mass is 9.84. The SMILES string of the molecule is O=C1CCCC(=O)N1CCS(=O)(=O)N1CCC2(CCc3ccccc3O2)CC1. The highest BCUT2D eigenvalue weighted by Gasteiger charge is 2.42. The maximum Gasteiger partial charge on any atom is 0.229 e. The summed E-state index contributed by atoms with van der Waals surface area (Å²) in [5.74, 6) is 0.171. The van der Waals surface area contributed by atoms with E-state index in [4.69, 9.17) is 4.74 Å². The standard InChI is InChI=1S/C20H26N2O5S/c23-18-6-3-7-19(24)22(18)14-15-28(25,26)21-12-10-20(11-13-21)9-8-16-4-1-2-5-17(16)27-20/h1-2,4-5H,3,6-15H2. The molecule has 3 aliphatic heterocycles. The number of aryl methyl sites for hydroxylation is 1. The zero-order chi connectivity index (χ0) is 19.8. The van der Waals surface area contributed by atoms with Crippen molar-refractivity contribution >= 4 is 21.8 Å². The number of amides is 2. The van der Waals surface area contributed by atoms with E-state index in [9.17, 15) is 18.0 Å². The number of para-hydroxylation sites is 1. The number of benzene rings is 1. The van der Waals surface area contributed by atoms with Gasteiger partial charge >= 0.3 is 0 Å². The number of hydrogen-bond donors (Lipinski definition) is 0. The summed E-state index contributed by atoms with van der Waals surface area (Å²) in [5.41, 5.74) is 0.915. The van der Waals surface area contributed by atoms with Crippen LogP contribution < -0.4 is 4.74 Å². The molecule has 2 saturated heterocycles. The molecule has 2 fully saturated rings. The predicted octanol–water partition coefficient (Wildman–Crippen LogP) is 1.72. The Hall–Kier alpha value is -1.93. The van der Waals surface area contributed by atoms with Gasteiger partial charge in [-0.2, -0.15) is 0 Å². The van der Waals surface area contributed by atoms with Crippen LogP contribution in [-0.2, 0) is 26.0 Å². The minimum atomic E-state index is -3.51. The van der Waals surface area contributed by atoms with Gasteiger partial charge in [-0.3, -0.25) is 14.5 Å². The molecule has 0 bridgehead atoms. The van der Waals surface area contributed by atoms with E-state index in [-0.39, 0.29) is 29.7 Å². The summed E-state index contributed by atoms with van der Waals surface area (Å²) in [6, 6.07) is 8.02. The third-order valence-corrected chi connectivity index (χ3v) is 7.98. The first kappa shape index (κ1) is 19.4. The molecule has 2 amide bonds. The first-order chi connectivity index (χ1) is 13.4. The number of ether oxygens (including phenoxy) is 1. The van der Waals surface area contributed by atoms with Crippen LogP contribution in [0.2, 0.25) is 0 Å².